The Labute approximate surface area is 152 Å². The fourth-order valence-corrected chi connectivity index (χ4v) is 2.27. The molecule has 1 amide bonds. The number of halogens is 1. The summed E-state index contributed by atoms with van der Waals surface area (Å²) in [5, 5.41) is 17.7. The van der Waals surface area contributed by atoms with Crippen molar-refractivity contribution in [2.24, 2.45) is 7.05 Å². The maximum atomic E-state index is 12.1. The van der Waals surface area contributed by atoms with E-state index in [1.165, 1.54) is 24.3 Å². The van der Waals surface area contributed by atoms with Crippen LogP contribution >= 0.6 is 11.6 Å². The highest BCUT2D eigenvalue weighted by atomic mass is 35.5. The molecule has 2 heterocycles. The Hall–Kier alpha value is -3.33. The Balaban J connectivity index is 1.64. The highest BCUT2D eigenvalue weighted by molar-refractivity contribution is 6.32. The largest absolute Gasteiger partial charge is 0.484 e. The van der Waals surface area contributed by atoms with Crippen LogP contribution in [0.1, 0.15) is 16.3 Å². The molecule has 1 aromatic carbocycles. The lowest BCUT2D eigenvalue weighted by Crippen LogP contribution is -2.11. The van der Waals surface area contributed by atoms with Crippen LogP contribution in [-0.2, 0) is 13.7 Å². The third-order valence-corrected chi connectivity index (χ3v) is 3.65. The molecule has 0 aliphatic heterocycles. The van der Waals surface area contributed by atoms with E-state index in [-0.39, 0.29) is 28.8 Å². The molecule has 0 aliphatic carbocycles. The van der Waals surface area contributed by atoms with Crippen molar-refractivity contribution in [3.05, 3.63) is 69.3 Å². The number of carbonyl (C=O) groups excluding carboxylic acids is 1. The lowest BCUT2D eigenvalue weighted by Gasteiger charge is -2.06. The SMILES string of the molecule is Cn1ccc(NC(=O)c2ccc(COc3cc([N+](=O)[O-])ccc3Cl)o2)n1. The van der Waals surface area contributed by atoms with Gasteiger partial charge in [-0.1, -0.05) is 11.6 Å². The van der Waals surface area contributed by atoms with Crippen LogP contribution in [-0.4, -0.2) is 20.6 Å². The first kappa shape index (κ1) is 17.5. The number of nitro benzene ring substituents is 1. The van der Waals surface area contributed by atoms with Crippen molar-refractivity contribution >= 4 is 29.0 Å². The molecule has 3 rings (SSSR count). The molecule has 0 fully saturated rings. The maximum Gasteiger partial charge on any atom is 0.292 e. The van der Waals surface area contributed by atoms with Crippen molar-refractivity contribution in [1.82, 2.24) is 9.78 Å². The Morgan fingerprint density at radius 3 is 2.88 bits per heavy atom. The summed E-state index contributed by atoms with van der Waals surface area (Å²) in [5.41, 5.74) is -0.140. The molecule has 0 unspecified atom stereocenters. The van der Waals surface area contributed by atoms with Crippen LogP contribution in [0.15, 0.2) is 47.0 Å². The summed E-state index contributed by atoms with van der Waals surface area (Å²) in [4.78, 5) is 22.4. The van der Waals surface area contributed by atoms with Crippen molar-refractivity contribution in [3.8, 4) is 5.75 Å². The van der Waals surface area contributed by atoms with Gasteiger partial charge in [0.05, 0.1) is 16.0 Å². The Bertz CT molecular complexity index is 965. The Morgan fingerprint density at radius 2 is 2.19 bits per heavy atom. The second kappa shape index (κ2) is 7.28. The molecule has 0 spiro atoms. The van der Waals surface area contributed by atoms with Gasteiger partial charge in [0.1, 0.15) is 18.1 Å². The maximum absolute atomic E-state index is 12.1. The predicted molar refractivity (Wildman–Crippen MR) is 92.3 cm³/mol. The summed E-state index contributed by atoms with van der Waals surface area (Å²) in [6, 6.07) is 8.59. The summed E-state index contributed by atoms with van der Waals surface area (Å²) in [6.07, 6.45) is 1.69. The lowest BCUT2D eigenvalue weighted by atomic mass is 10.3. The standard InChI is InChI=1S/C16H13ClN4O5/c1-20-7-6-15(19-20)18-16(22)13-5-3-11(26-13)9-25-14-8-10(21(23)24)2-4-12(14)17/h2-8H,9H2,1H3,(H,18,19,22). The van der Waals surface area contributed by atoms with E-state index < -0.39 is 10.8 Å². The monoisotopic (exact) mass is 376 g/mol. The van der Waals surface area contributed by atoms with Crippen LogP contribution in [0.4, 0.5) is 11.5 Å². The van der Waals surface area contributed by atoms with Gasteiger partial charge in [-0.15, -0.1) is 0 Å². The quantitative estimate of drug-likeness (QED) is 0.521. The summed E-state index contributed by atoms with van der Waals surface area (Å²) >= 11 is 5.96. The van der Waals surface area contributed by atoms with Gasteiger partial charge in [-0.2, -0.15) is 5.10 Å². The number of furan rings is 1. The van der Waals surface area contributed by atoms with Gasteiger partial charge >= 0.3 is 0 Å². The molecule has 26 heavy (non-hydrogen) atoms. The number of aromatic nitrogens is 2. The number of carbonyl (C=O) groups is 1. The van der Waals surface area contributed by atoms with E-state index in [0.717, 1.165) is 0 Å². The molecule has 0 radical (unpaired) electrons. The second-order valence-electron chi connectivity index (χ2n) is 5.26. The number of aryl methyl sites for hydroxylation is 1. The van der Waals surface area contributed by atoms with E-state index in [9.17, 15) is 14.9 Å². The van der Waals surface area contributed by atoms with E-state index in [0.29, 0.717) is 11.6 Å². The van der Waals surface area contributed by atoms with Gasteiger partial charge in [-0.3, -0.25) is 19.6 Å². The van der Waals surface area contributed by atoms with Crippen molar-refractivity contribution in [1.29, 1.82) is 0 Å². The van der Waals surface area contributed by atoms with Crippen molar-refractivity contribution < 1.29 is 18.9 Å². The number of hydrogen-bond donors (Lipinski definition) is 1. The number of non-ortho nitro benzene ring substituents is 1. The number of nitrogens with zero attached hydrogens (tertiary/aromatic N) is 3. The summed E-state index contributed by atoms with van der Waals surface area (Å²) in [6.45, 7) is -0.0439. The van der Waals surface area contributed by atoms with Crippen molar-refractivity contribution in [2.75, 3.05) is 5.32 Å². The number of nitrogens with one attached hydrogen (secondary N) is 1. The van der Waals surface area contributed by atoms with Crippen LogP contribution in [0.2, 0.25) is 5.02 Å². The van der Waals surface area contributed by atoms with E-state index in [4.69, 9.17) is 20.8 Å². The molecule has 1 N–H and O–H groups in total. The predicted octanol–water partition coefficient (Wildman–Crippen LogP) is 3.41. The zero-order valence-corrected chi connectivity index (χ0v) is 14.3. The minimum Gasteiger partial charge on any atom is -0.484 e. The normalized spacial score (nSPS) is 10.5. The number of nitro groups is 1. The van der Waals surface area contributed by atoms with Crippen molar-refractivity contribution in [3.63, 3.8) is 0 Å². The fraction of sp³-hybridized carbons (Fsp3) is 0.125. The number of hydrogen-bond acceptors (Lipinski definition) is 6. The molecule has 3 aromatic rings. The van der Waals surface area contributed by atoms with Crippen LogP contribution in [0, 0.1) is 10.1 Å². The number of amides is 1. The third-order valence-electron chi connectivity index (χ3n) is 3.34. The molecule has 9 nitrogen and oxygen atoms in total. The van der Waals surface area contributed by atoms with E-state index in [1.807, 2.05) is 0 Å². The van der Waals surface area contributed by atoms with E-state index in [2.05, 4.69) is 10.4 Å². The number of rotatable bonds is 6. The number of benzene rings is 1. The van der Waals surface area contributed by atoms with E-state index in [1.54, 1.807) is 30.1 Å². The van der Waals surface area contributed by atoms with Gasteiger partial charge in [0.25, 0.3) is 11.6 Å². The smallest absolute Gasteiger partial charge is 0.292 e. The number of anilines is 1. The topological polar surface area (TPSA) is 112 Å². The highest BCUT2D eigenvalue weighted by Gasteiger charge is 2.15. The van der Waals surface area contributed by atoms with Gasteiger partial charge in [-0.25, -0.2) is 0 Å². The Morgan fingerprint density at radius 1 is 1.38 bits per heavy atom. The molecular formula is C16H13ClN4O5. The molecule has 0 bridgehead atoms. The van der Waals surface area contributed by atoms with Gasteiger partial charge in [0.2, 0.25) is 0 Å². The first-order valence-electron chi connectivity index (χ1n) is 7.39. The molecule has 134 valence electrons. The third kappa shape index (κ3) is 4.01. The average Bonchev–Trinajstić information content (AvgIpc) is 3.23. The second-order valence-corrected chi connectivity index (χ2v) is 5.66. The highest BCUT2D eigenvalue weighted by Crippen LogP contribution is 2.29. The van der Waals surface area contributed by atoms with Crippen LogP contribution in [0.25, 0.3) is 0 Å². The van der Waals surface area contributed by atoms with Crippen molar-refractivity contribution in [2.45, 2.75) is 6.61 Å². The molecule has 0 saturated heterocycles. The lowest BCUT2D eigenvalue weighted by molar-refractivity contribution is -0.384. The molecule has 10 heteroatoms. The molecule has 2 aromatic heterocycles. The van der Waals surface area contributed by atoms with E-state index >= 15 is 0 Å². The summed E-state index contributed by atoms with van der Waals surface area (Å²) in [5.74, 6) is 0.535. The molecule has 0 atom stereocenters. The summed E-state index contributed by atoms with van der Waals surface area (Å²) in [7, 11) is 1.73. The minimum absolute atomic E-state index is 0.0439. The zero-order chi connectivity index (χ0) is 18.7. The zero-order valence-electron chi connectivity index (χ0n) is 13.5. The summed E-state index contributed by atoms with van der Waals surface area (Å²) < 4.78 is 12.4. The van der Waals surface area contributed by atoms with Crippen LogP contribution < -0.4 is 10.1 Å². The van der Waals surface area contributed by atoms with Crippen LogP contribution in [0.3, 0.4) is 0 Å². The molecule has 0 aliphatic rings. The first-order chi connectivity index (χ1) is 12.4. The fourth-order valence-electron chi connectivity index (χ4n) is 2.10. The van der Waals surface area contributed by atoms with Gasteiger partial charge in [0.15, 0.2) is 11.6 Å². The molecular weight excluding hydrogens is 364 g/mol. The van der Waals surface area contributed by atoms with Gasteiger partial charge in [-0.05, 0) is 18.2 Å². The van der Waals surface area contributed by atoms with Gasteiger partial charge in [0, 0.05) is 25.4 Å². The number of ether oxygens (including phenoxy) is 1. The van der Waals surface area contributed by atoms with Crippen LogP contribution in [0.5, 0.6) is 5.75 Å². The average molecular weight is 377 g/mol. The first-order valence-corrected chi connectivity index (χ1v) is 7.76. The minimum atomic E-state index is -0.545. The Kier molecular flexibility index (Phi) is 4.90. The van der Waals surface area contributed by atoms with Gasteiger partial charge < -0.3 is 14.5 Å². The molecule has 0 saturated carbocycles.